The summed E-state index contributed by atoms with van der Waals surface area (Å²) < 4.78 is 65.3. The highest BCUT2D eigenvalue weighted by molar-refractivity contribution is 5.94. The van der Waals surface area contributed by atoms with Crippen molar-refractivity contribution in [2.75, 3.05) is 18.4 Å². The Bertz CT molecular complexity index is 1530. The molecule has 1 aliphatic heterocycles. The molecule has 5 rings (SSSR count). The van der Waals surface area contributed by atoms with Crippen LogP contribution in [-0.4, -0.2) is 78.0 Å². The molecule has 234 valence electrons. The molecule has 4 heterocycles. The number of benzene rings is 1. The number of carbonyl (C=O) groups excluding carboxylic acids is 1. The molecule has 4 aromatic rings. The third kappa shape index (κ3) is 9.67. The van der Waals surface area contributed by atoms with Gasteiger partial charge in [-0.1, -0.05) is 18.2 Å². The Morgan fingerprint density at radius 2 is 1.34 bits per heavy atom. The zero-order valence-corrected chi connectivity index (χ0v) is 22.5. The van der Waals surface area contributed by atoms with Gasteiger partial charge in [-0.15, -0.1) is 0 Å². The molecule has 3 N–H and O–H groups in total. The van der Waals surface area contributed by atoms with E-state index in [9.17, 15) is 31.1 Å². The Hall–Kier alpha value is -5.22. The summed E-state index contributed by atoms with van der Waals surface area (Å²) in [6, 6.07) is 17.6. The Labute approximate surface area is 244 Å². The highest BCUT2D eigenvalue weighted by Gasteiger charge is 2.39. The molecule has 3 aromatic heterocycles. The molecule has 0 unspecified atom stereocenters. The first kappa shape index (κ1) is 33.3. The lowest BCUT2D eigenvalue weighted by atomic mass is 9.96. The lowest BCUT2D eigenvalue weighted by Gasteiger charge is -2.30. The molecule has 0 aliphatic carbocycles. The van der Waals surface area contributed by atoms with Crippen molar-refractivity contribution in [1.82, 2.24) is 24.5 Å². The van der Waals surface area contributed by atoms with Crippen LogP contribution < -0.4 is 5.32 Å². The van der Waals surface area contributed by atoms with Crippen molar-refractivity contribution in [3.05, 3.63) is 84.6 Å². The fourth-order valence-electron chi connectivity index (χ4n) is 3.85. The van der Waals surface area contributed by atoms with Crippen LogP contribution in [0.25, 0.3) is 5.65 Å². The Kier molecular flexibility index (Phi) is 10.8. The first-order valence-corrected chi connectivity index (χ1v) is 12.6. The van der Waals surface area contributed by atoms with Crippen LogP contribution in [-0.2, 0) is 9.59 Å². The van der Waals surface area contributed by atoms with Crippen molar-refractivity contribution in [2.24, 2.45) is 0 Å². The average molecular weight is 627 g/mol. The molecule has 0 radical (unpaired) electrons. The van der Waals surface area contributed by atoms with Gasteiger partial charge in [-0.3, -0.25) is 9.78 Å². The standard InChI is InChI=1S/C23H22N6O.2C2HF3O2/c30-23(18-8-12-24-13-9-18)28-14-10-17(11-15-28)22-26-21-7-6-20(16-29(21)27-22)25-19-4-2-1-3-5-19;2*3-2(4,5)1(6)7/h1-9,12-13,16-17,25H,10-11,14-15H2;2*(H,6,7). The van der Waals surface area contributed by atoms with E-state index in [-0.39, 0.29) is 11.8 Å². The normalized spacial score (nSPS) is 13.6. The van der Waals surface area contributed by atoms with Crippen LogP contribution in [0.15, 0.2) is 73.2 Å². The van der Waals surface area contributed by atoms with Gasteiger partial charge in [0.2, 0.25) is 0 Å². The maximum Gasteiger partial charge on any atom is 0.490 e. The number of aliphatic carboxylic acids is 2. The highest BCUT2D eigenvalue weighted by atomic mass is 19.4. The van der Waals surface area contributed by atoms with Crippen LogP contribution in [0, 0.1) is 0 Å². The number of halogens is 6. The van der Waals surface area contributed by atoms with Crippen LogP contribution in [0.2, 0.25) is 0 Å². The lowest BCUT2D eigenvalue weighted by Crippen LogP contribution is -2.38. The molecule has 11 nitrogen and oxygen atoms in total. The number of piperidine rings is 1. The van der Waals surface area contributed by atoms with Crippen molar-refractivity contribution in [3.8, 4) is 0 Å². The van der Waals surface area contributed by atoms with Gasteiger partial charge in [-0.25, -0.2) is 19.1 Å². The number of fused-ring (bicyclic) bond motifs is 1. The second kappa shape index (κ2) is 14.3. The number of alkyl halides is 6. The Morgan fingerprint density at radius 1 is 0.795 bits per heavy atom. The zero-order valence-electron chi connectivity index (χ0n) is 22.5. The van der Waals surface area contributed by atoms with E-state index in [2.05, 4.69) is 10.3 Å². The monoisotopic (exact) mass is 626 g/mol. The number of para-hydroxylation sites is 1. The first-order chi connectivity index (χ1) is 20.6. The van der Waals surface area contributed by atoms with Gasteiger partial charge in [-0.2, -0.15) is 31.4 Å². The number of carboxylic acids is 2. The summed E-state index contributed by atoms with van der Waals surface area (Å²) in [5.74, 6) is -4.34. The molecule has 1 saturated heterocycles. The van der Waals surface area contributed by atoms with Crippen molar-refractivity contribution in [2.45, 2.75) is 31.1 Å². The molecule has 0 bridgehead atoms. The number of aromatic nitrogens is 4. The molecular weight excluding hydrogens is 602 g/mol. The van der Waals surface area contributed by atoms with Gasteiger partial charge in [0.1, 0.15) is 0 Å². The van der Waals surface area contributed by atoms with Crippen LogP contribution >= 0.6 is 0 Å². The van der Waals surface area contributed by atoms with E-state index in [0.29, 0.717) is 18.7 Å². The molecular formula is C27H24F6N6O5. The summed E-state index contributed by atoms with van der Waals surface area (Å²) in [5.41, 5.74) is 3.51. The minimum atomic E-state index is -5.08. The Balaban J connectivity index is 0.000000317. The van der Waals surface area contributed by atoms with Gasteiger partial charge < -0.3 is 20.4 Å². The molecule has 1 fully saturated rings. The second-order valence-electron chi connectivity index (χ2n) is 9.09. The van der Waals surface area contributed by atoms with E-state index in [0.717, 1.165) is 35.7 Å². The predicted molar refractivity (Wildman–Crippen MR) is 142 cm³/mol. The first-order valence-electron chi connectivity index (χ1n) is 12.6. The van der Waals surface area contributed by atoms with Crippen LogP contribution in [0.5, 0.6) is 0 Å². The second-order valence-corrected chi connectivity index (χ2v) is 9.09. The van der Waals surface area contributed by atoms with E-state index in [4.69, 9.17) is 29.9 Å². The van der Waals surface area contributed by atoms with Crippen LogP contribution in [0.1, 0.15) is 34.9 Å². The molecule has 0 atom stereocenters. The largest absolute Gasteiger partial charge is 0.490 e. The van der Waals surface area contributed by atoms with Crippen LogP contribution in [0.3, 0.4) is 0 Å². The SMILES string of the molecule is O=C(O)C(F)(F)F.O=C(O)C(F)(F)F.O=C(c1ccncc1)N1CCC(c2nc3ccc(Nc4ccccc4)cn3n2)CC1. The third-order valence-corrected chi connectivity index (χ3v) is 5.97. The molecule has 1 amide bonds. The summed E-state index contributed by atoms with van der Waals surface area (Å²) in [4.78, 5) is 41.0. The van der Waals surface area contributed by atoms with E-state index in [1.165, 1.54) is 0 Å². The summed E-state index contributed by atoms with van der Waals surface area (Å²) in [6.45, 7) is 1.42. The fraction of sp³-hybridized carbons (Fsp3) is 0.259. The van der Waals surface area contributed by atoms with Crippen LogP contribution in [0.4, 0.5) is 37.7 Å². The number of carboxylic acid groups (broad SMARTS) is 2. The van der Waals surface area contributed by atoms with Gasteiger partial charge in [-0.05, 0) is 49.2 Å². The molecule has 1 aromatic carbocycles. The summed E-state index contributed by atoms with van der Waals surface area (Å²) in [7, 11) is 0. The number of nitrogens with zero attached hydrogens (tertiary/aromatic N) is 5. The van der Waals surface area contributed by atoms with E-state index in [1.54, 1.807) is 24.5 Å². The fourth-order valence-corrected chi connectivity index (χ4v) is 3.85. The van der Waals surface area contributed by atoms with Gasteiger partial charge >= 0.3 is 24.3 Å². The maximum atomic E-state index is 12.6. The minimum absolute atomic E-state index is 0.0652. The van der Waals surface area contributed by atoms with E-state index < -0.39 is 24.3 Å². The molecule has 17 heteroatoms. The molecule has 0 saturated carbocycles. The molecule has 1 aliphatic rings. The number of likely N-dealkylation sites (tertiary alicyclic amines) is 1. The Morgan fingerprint density at radius 3 is 1.86 bits per heavy atom. The summed E-state index contributed by atoms with van der Waals surface area (Å²) in [6.07, 6.45) is -3.17. The number of rotatable bonds is 4. The van der Waals surface area contributed by atoms with Gasteiger partial charge in [0.05, 0.1) is 11.9 Å². The third-order valence-electron chi connectivity index (χ3n) is 5.97. The topological polar surface area (TPSA) is 150 Å². The number of hydrogen-bond donors (Lipinski definition) is 3. The lowest BCUT2D eigenvalue weighted by molar-refractivity contribution is -0.193. The summed E-state index contributed by atoms with van der Waals surface area (Å²) in [5, 5.41) is 22.4. The smallest absolute Gasteiger partial charge is 0.475 e. The van der Waals surface area contributed by atoms with Crippen molar-refractivity contribution in [1.29, 1.82) is 0 Å². The van der Waals surface area contributed by atoms with Crippen molar-refractivity contribution in [3.63, 3.8) is 0 Å². The number of hydrogen-bond acceptors (Lipinski definition) is 7. The van der Waals surface area contributed by atoms with Crippen molar-refractivity contribution >= 4 is 34.9 Å². The predicted octanol–water partition coefficient (Wildman–Crippen LogP) is 5.15. The quantitative estimate of drug-likeness (QED) is 0.261. The summed E-state index contributed by atoms with van der Waals surface area (Å²) >= 11 is 0. The number of amides is 1. The highest BCUT2D eigenvalue weighted by Crippen LogP contribution is 2.27. The van der Waals surface area contributed by atoms with Gasteiger partial charge in [0.25, 0.3) is 5.91 Å². The van der Waals surface area contributed by atoms with E-state index >= 15 is 0 Å². The average Bonchev–Trinajstić information content (AvgIpc) is 3.41. The number of pyridine rings is 2. The van der Waals surface area contributed by atoms with Gasteiger partial charge in [0, 0.05) is 42.7 Å². The molecule has 0 spiro atoms. The zero-order chi connectivity index (χ0) is 32.5. The number of carbonyl (C=O) groups is 3. The number of anilines is 2. The van der Waals surface area contributed by atoms with Gasteiger partial charge in [0.15, 0.2) is 11.5 Å². The number of nitrogens with one attached hydrogen (secondary N) is 1. The minimum Gasteiger partial charge on any atom is -0.475 e. The van der Waals surface area contributed by atoms with Crippen molar-refractivity contribution < 1.29 is 50.9 Å². The maximum absolute atomic E-state index is 12.6. The molecule has 44 heavy (non-hydrogen) atoms. The van der Waals surface area contributed by atoms with E-state index in [1.807, 2.05) is 58.1 Å².